The van der Waals surface area contributed by atoms with Crippen LogP contribution in [0.4, 0.5) is 0 Å². The van der Waals surface area contributed by atoms with Gasteiger partial charge in [0.1, 0.15) is 0 Å². The number of pyridine rings is 1. The van der Waals surface area contributed by atoms with Crippen molar-refractivity contribution in [1.82, 2.24) is 0 Å². The molecule has 1 heterocycles. The van der Waals surface area contributed by atoms with Gasteiger partial charge in [-0.1, -0.05) is 6.07 Å². The van der Waals surface area contributed by atoms with E-state index >= 15 is 0 Å². The lowest BCUT2D eigenvalue weighted by Crippen LogP contribution is -2.41. The highest BCUT2D eigenvalue weighted by atomic mass is 16.1. The molecule has 1 aromatic rings. The number of nitrogens with two attached hydrogens (primary N) is 1. The van der Waals surface area contributed by atoms with Gasteiger partial charge in [0.05, 0.1) is 6.42 Å². The van der Waals surface area contributed by atoms with Crippen LogP contribution in [0.1, 0.15) is 24.1 Å². The van der Waals surface area contributed by atoms with E-state index in [1.165, 1.54) is 0 Å². The Morgan fingerprint density at radius 3 is 2.46 bits per heavy atom. The first-order valence-electron chi connectivity index (χ1n) is 4.54. The van der Waals surface area contributed by atoms with Gasteiger partial charge in [0.25, 0.3) is 0 Å². The van der Waals surface area contributed by atoms with Crippen molar-refractivity contribution in [2.24, 2.45) is 5.73 Å². The van der Waals surface area contributed by atoms with Gasteiger partial charge in [-0.05, 0) is 19.4 Å². The minimum atomic E-state index is 0.133. The summed E-state index contributed by atoms with van der Waals surface area (Å²) in [5, 5.41) is 0. The van der Waals surface area contributed by atoms with Gasteiger partial charge in [-0.2, -0.15) is 0 Å². The highest BCUT2D eigenvalue weighted by Gasteiger charge is 2.11. The topological polar surface area (TPSA) is 47.0 Å². The summed E-state index contributed by atoms with van der Waals surface area (Å²) in [5.74, 6) is 0.133. The summed E-state index contributed by atoms with van der Waals surface area (Å²) in [7, 11) is 0. The van der Waals surface area contributed by atoms with Crippen LogP contribution >= 0.6 is 0 Å². The van der Waals surface area contributed by atoms with Crippen molar-refractivity contribution in [2.45, 2.75) is 19.3 Å². The summed E-state index contributed by atoms with van der Waals surface area (Å²) in [6.07, 6.45) is 5.90. The first-order valence-corrected chi connectivity index (χ1v) is 4.54. The number of carbonyl (C=O) groups is 1. The van der Waals surface area contributed by atoms with Crippen LogP contribution < -0.4 is 10.3 Å². The highest BCUT2D eigenvalue weighted by molar-refractivity contribution is 5.66. The van der Waals surface area contributed by atoms with Gasteiger partial charge in [0.2, 0.25) is 0 Å². The predicted molar refractivity (Wildman–Crippen MR) is 50.2 cm³/mol. The Kier molecular flexibility index (Phi) is 4.12. The van der Waals surface area contributed by atoms with E-state index in [0.717, 1.165) is 12.8 Å². The molecule has 0 bridgehead atoms. The third kappa shape index (κ3) is 3.34. The Labute approximate surface area is 78.2 Å². The predicted octanol–water partition coefficient (Wildman–Crippen LogP) is 0.743. The fourth-order valence-electron chi connectivity index (χ4n) is 1.11. The van der Waals surface area contributed by atoms with E-state index in [-0.39, 0.29) is 5.91 Å². The van der Waals surface area contributed by atoms with Gasteiger partial charge in [0.15, 0.2) is 12.4 Å². The van der Waals surface area contributed by atoms with E-state index in [1.807, 2.05) is 18.2 Å². The molecule has 3 heteroatoms. The van der Waals surface area contributed by atoms with E-state index in [0.29, 0.717) is 13.0 Å². The second-order valence-electron chi connectivity index (χ2n) is 2.92. The van der Waals surface area contributed by atoms with Crippen LogP contribution in [0, 0.1) is 0 Å². The molecule has 0 radical (unpaired) electrons. The molecule has 0 amide bonds. The Hall–Kier alpha value is -1.22. The van der Waals surface area contributed by atoms with E-state index in [2.05, 4.69) is 0 Å². The van der Waals surface area contributed by atoms with Crippen molar-refractivity contribution >= 4 is 5.91 Å². The van der Waals surface area contributed by atoms with E-state index in [9.17, 15) is 4.79 Å². The Bertz CT molecular complexity index is 259. The largest absolute Gasteiger partial charge is 0.392 e. The lowest BCUT2D eigenvalue weighted by molar-refractivity contribution is -0.574. The number of aromatic nitrogens is 1. The first kappa shape index (κ1) is 9.86. The number of carbonyl (C=O) groups excluding carboxylic acids is 1. The van der Waals surface area contributed by atoms with Crippen LogP contribution in [0.5, 0.6) is 0 Å². The number of rotatable bonds is 4. The standard InChI is InChI=1S/C10H15N2O/c11-7-3-2-6-10(13)12-8-4-1-5-9-12/h1,4-5,8-9H,2-3,6-7,11H2/q+1. The summed E-state index contributed by atoms with van der Waals surface area (Å²) in [4.78, 5) is 11.4. The molecule has 2 N–H and O–H groups in total. The van der Waals surface area contributed by atoms with E-state index in [4.69, 9.17) is 5.73 Å². The molecule has 0 atom stereocenters. The van der Waals surface area contributed by atoms with Crippen LogP contribution in [-0.4, -0.2) is 12.5 Å². The molecule has 0 spiro atoms. The quantitative estimate of drug-likeness (QED) is 0.547. The lowest BCUT2D eigenvalue weighted by Gasteiger charge is -1.93. The molecule has 0 aliphatic rings. The molecule has 1 rings (SSSR count). The second-order valence-corrected chi connectivity index (χ2v) is 2.92. The van der Waals surface area contributed by atoms with Crippen molar-refractivity contribution in [1.29, 1.82) is 0 Å². The molecular weight excluding hydrogens is 164 g/mol. The number of nitrogens with zero attached hydrogens (tertiary/aromatic N) is 1. The van der Waals surface area contributed by atoms with Gasteiger partial charge in [-0.25, -0.2) is 4.79 Å². The van der Waals surface area contributed by atoms with Gasteiger partial charge in [0, 0.05) is 12.1 Å². The molecule has 3 nitrogen and oxygen atoms in total. The average molecular weight is 179 g/mol. The summed E-state index contributed by atoms with van der Waals surface area (Å²) < 4.78 is 1.61. The third-order valence-electron chi connectivity index (χ3n) is 1.85. The minimum Gasteiger partial charge on any atom is -0.330 e. The number of hydrogen-bond acceptors (Lipinski definition) is 2. The SMILES string of the molecule is NCCCCC(=O)[n+]1ccccc1. The Morgan fingerprint density at radius 1 is 1.15 bits per heavy atom. The molecular formula is C10H15N2O+. The van der Waals surface area contributed by atoms with Gasteiger partial charge in [-0.3, -0.25) is 0 Å². The van der Waals surface area contributed by atoms with Crippen LogP contribution in [0.15, 0.2) is 30.6 Å². The second kappa shape index (κ2) is 5.43. The summed E-state index contributed by atoms with van der Waals surface area (Å²) in [6, 6.07) is 5.59. The Balaban J connectivity index is 2.40. The normalized spacial score (nSPS) is 9.92. The molecule has 0 saturated heterocycles. The molecule has 0 unspecified atom stereocenters. The summed E-state index contributed by atoms with van der Waals surface area (Å²) in [5.41, 5.74) is 5.34. The van der Waals surface area contributed by atoms with Gasteiger partial charge < -0.3 is 5.73 Å². The van der Waals surface area contributed by atoms with Crippen molar-refractivity contribution in [3.8, 4) is 0 Å². The van der Waals surface area contributed by atoms with Crippen LogP contribution in [-0.2, 0) is 0 Å². The molecule has 0 aromatic carbocycles. The van der Waals surface area contributed by atoms with E-state index < -0.39 is 0 Å². The lowest BCUT2D eigenvalue weighted by atomic mass is 10.2. The molecule has 13 heavy (non-hydrogen) atoms. The zero-order chi connectivity index (χ0) is 9.52. The minimum absolute atomic E-state index is 0.133. The molecule has 0 aliphatic heterocycles. The maximum Gasteiger partial charge on any atom is 0.392 e. The smallest absolute Gasteiger partial charge is 0.330 e. The van der Waals surface area contributed by atoms with Crippen LogP contribution in [0.2, 0.25) is 0 Å². The zero-order valence-electron chi connectivity index (χ0n) is 7.65. The van der Waals surface area contributed by atoms with Gasteiger partial charge in [-0.15, -0.1) is 4.57 Å². The highest BCUT2D eigenvalue weighted by Crippen LogP contribution is 1.93. The molecule has 0 saturated carbocycles. The fraction of sp³-hybridized carbons (Fsp3) is 0.400. The number of hydrogen-bond donors (Lipinski definition) is 1. The first-order chi connectivity index (χ1) is 6.34. The molecule has 1 aromatic heterocycles. The van der Waals surface area contributed by atoms with Crippen LogP contribution in [0.3, 0.4) is 0 Å². The van der Waals surface area contributed by atoms with E-state index in [1.54, 1.807) is 17.0 Å². The van der Waals surface area contributed by atoms with Crippen LogP contribution in [0.25, 0.3) is 0 Å². The van der Waals surface area contributed by atoms with Crippen molar-refractivity contribution in [3.05, 3.63) is 30.6 Å². The van der Waals surface area contributed by atoms with Gasteiger partial charge >= 0.3 is 5.91 Å². The van der Waals surface area contributed by atoms with Crippen molar-refractivity contribution in [3.63, 3.8) is 0 Å². The maximum absolute atomic E-state index is 11.4. The average Bonchev–Trinajstić information content (AvgIpc) is 2.19. The van der Waals surface area contributed by atoms with Crippen molar-refractivity contribution in [2.75, 3.05) is 6.54 Å². The molecule has 0 aliphatic carbocycles. The molecule has 70 valence electrons. The molecule has 0 fully saturated rings. The summed E-state index contributed by atoms with van der Waals surface area (Å²) in [6.45, 7) is 0.659. The summed E-state index contributed by atoms with van der Waals surface area (Å²) >= 11 is 0. The third-order valence-corrected chi connectivity index (χ3v) is 1.85. The Morgan fingerprint density at radius 2 is 1.85 bits per heavy atom. The van der Waals surface area contributed by atoms with Crippen molar-refractivity contribution < 1.29 is 9.36 Å². The fourth-order valence-corrected chi connectivity index (χ4v) is 1.11. The number of unbranched alkanes of at least 4 members (excludes halogenated alkanes) is 1. The monoisotopic (exact) mass is 179 g/mol. The zero-order valence-corrected chi connectivity index (χ0v) is 7.65. The maximum atomic E-state index is 11.4.